The van der Waals surface area contributed by atoms with Crippen LogP contribution in [0.25, 0.3) is 11.0 Å². The van der Waals surface area contributed by atoms with E-state index >= 15 is 0 Å². The van der Waals surface area contributed by atoms with Crippen LogP contribution >= 0.6 is 11.8 Å². The predicted molar refractivity (Wildman–Crippen MR) is 81.8 cm³/mol. The standard InChI is InChI=1S/C15H19N3OS/c1-11-5-4-8-18(9-11)14(19)10-20-15-16-12-6-2-3-7-13(12)17-15/h2-3,6-7,11H,4-5,8-10H2,1H3,(H,16,17)/t11-/m0/s1. The zero-order valence-corrected chi connectivity index (χ0v) is 12.4. The lowest BCUT2D eigenvalue weighted by Crippen LogP contribution is -2.40. The molecule has 0 unspecified atom stereocenters. The summed E-state index contributed by atoms with van der Waals surface area (Å²) < 4.78 is 0. The van der Waals surface area contributed by atoms with Gasteiger partial charge in [-0.05, 0) is 30.9 Å². The summed E-state index contributed by atoms with van der Waals surface area (Å²) in [5.74, 6) is 1.32. The average Bonchev–Trinajstić information content (AvgIpc) is 2.87. The van der Waals surface area contributed by atoms with Gasteiger partial charge in [-0.25, -0.2) is 4.98 Å². The van der Waals surface area contributed by atoms with Gasteiger partial charge in [-0.3, -0.25) is 4.79 Å². The van der Waals surface area contributed by atoms with E-state index in [0.29, 0.717) is 11.7 Å². The van der Waals surface area contributed by atoms with Crippen molar-refractivity contribution in [2.24, 2.45) is 5.92 Å². The molecule has 0 saturated carbocycles. The molecule has 1 atom stereocenters. The highest BCUT2D eigenvalue weighted by Crippen LogP contribution is 2.21. The summed E-state index contributed by atoms with van der Waals surface area (Å²) in [4.78, 5) is 21.9. The van der Waals surface area contributed by atoms with E-state index in [1.807, 2.05) is 29.2 Å². The number of piperidine rings is 1. The van der Waals surface area contributed by atoms with E-state index in [1.54, 1.807) is 0 Å². The average molecular weight is 289 g/mol. The quantitative estimate of drug-likeness (QED) is 0.884. The second kappa shape index (κ2) is 5.87. The number of fused-ring (bicyclic) bond motifs is 1. The van der Waals surface area contributed by atoms with E-state index in [2.05, 4.69) is 16.9 Å². The van der Waals surface area contributed by atoms with Crippen LogP contribution in [0.15, 0.2) is 29.4 Å². The lowest BCUT2D eigenvalue weighted by atomic mass is 10.0. The van der Waals surface area contributed by atoms with Crippen LogP contribution in [0.5, 0.6) is 0 Å². The minimum absolute atomic E-state index is 0.224. The molecular weight excluding hydrogens is 270 g/mol. The van der Waals surface area contributed by atoms with Gasteiger partial charge in [0.2, 0.25) is 5.91 Å². The van der Waals surface area contributed by atoms with E-state index in [0.717, 1.165) is 35.7 Å². The molecule has 1 N–H and O–H groups in total. The number of likely N-dealkylation sites (tertiary alicyclic amines) is 1. The van der Waals surface area contributed by atoms with Crippen LogP contribution in [0, 0.1) is 5.92 Å². The molecule has 0 spiro atoms. The van der Waals surface area contributed by atoms with Gasteiger partial charge in [-0.15, -0.1) is 0 Å². The van der Waals surface area contributed by atoms with Gasteiger partial charge in [0.25, 0.3) is 0 Å². The molecule has 3 rings (SSSR count). The molecule has 1 aromatic heterocycles. The third kappa shape index (κ3) is 2.98. The van der Waals surface area contributed by atoms with E-state index < -0.39 is 0 Å². The van der Waals surface area contributed by atoms with Crippen molar-refractivity contribution in [1.82, 2.24) is 14.9 Å². The number of nitrogens with zero attached hydrogens (tertiary/aromatic N) is 2. The Hall–Kier alpha value is -1.49. The van der Waals surface area contributed by atoms with Gasteiger partial charge in [0, 0.05) is 13.1 Å². The third-order valence-electron chi connectivity index (χ3n) is 3.71. The Bertz CT molecular complexity index is 577. The molecule has 0 radical (unpaired) electrons. The van der Waals surface area contributed by atoms with E-state index in [4.69, 9.17) is 0 Å². The Labute approximate surface area is 123 Å². The van der Waals surface area contributed by atoms with Crippen LogP contribution in [0.1, 0.15) is 19.8 Å². The van der Waals surface area contributed by atoms with Crippen LogP contribution in [0.4, 0.5) is 0 Å². The second-order valence-corrected chi connectivity index (χ2v) is 6.40. The highest BCUT2D eigenvalue weighted by Gasteiger charge is 2.21. The zero-order chi connectivity index (χ0) is 13.9. The smallest absolute Gasteiger partial charge is 0.233 e. The van der Waals surface area contributed by atoms with Gasteiger partial charge in [-0.2, -0.15) is 0 Å². The first-order valence-corrected chi connectivity index (χ1v) is 8.06. The lowest BCUT2D eigenvalue weighted by molar-refractivity contribution is -0.130. The monoisotopic (exact) mass is 289 g/mol. The number of imidazole rings is 1. The maximum atomic E-state index is 12.2. The predicted octanol–water partition coefficient (Wildman–Crippen LogP) is 2.91. The molecule has 2 aromatic rings. The van der Waals surface area contributed by atoms with E-state index in [-0.39, 0.29) is 5.91 Å². The van der Waals surface area contributed by atoms with Gasteiger partial charge in [0.05, 0.1) is 16.8 Å². The van der Waals surface area contributed by atoms with Crippen LogP contribution < -0.4 is 0 Å². The fourth-order valence-corrected chi connectivity index (χ4v) is 3.42. The number of carbonyl (C=O) groups excluding carboxylic acids is 1. The summed E-state index contributed by atoms with van der Waals surface area (Å²) in [6.07, 6.45) is 2.36. The summed E-state index contributed by atoms with van der Waals surface area (Å²) in [5.41, 5.74) is 1.98. The maximum Gasteiger partial charge on any atom is 0.233 e. The van der Waals surface area contributed by atoms with Crippen molar-refractivity contribution in [2.75, 3.05) is 18.8 Å². The zero-order valence-electron chi connectivity index (χ0n) is 11.6. The topological polar surface area (TPSA) is 49.0 Å². The Morgan fingerprint density at radius 2 is 2.35 bits per heavy atom. The number of thioether (sulfide) groups is 1. The molecule has 0 bridgehead atoms. The molecule has 1 fully saturated rings. The minimum Gasteiger partial charge on any atom is -0.342 e. The van der Waals surface area contributed by atoms with Crippen LogP contribution in [0.2, 0.25) is 0 Å². The first-order valence-electron chi connectivity index (χ1n) is 7.07. The van der Waals surface area contributed by atoms with Crippen molar-refractivity contribution >= 4 is 28.7 Å². The number of carbonyl (C=O) groups is 1. The normalized spacial score (nSPS) is 19.4. The molecule has 106 valence electrons. The van der Waals surface area contributed by atoms with Crippen molar-refractivity contribution in [3.8, 4) is 0 Å². The number of para-hydroxylation sites is 2. The number of rotatable bonds is 3. The number of H-pyrrole nitrogens is 1. The summed E-state index contributed by atoms with van der Waals surface area (Å²) in [5, 5.41) is 0.824. The Kier molecular flexibility index (Phi) is 3.96. The van der Waals surface area contributed by atoms with Gasteiger partial charge in [0.1, 0.15) is 0 Å². The van der Waals surface area contributed by atoms with Crippen LogP contribution in [0.3, 0.4) is 0 Å². The van der Waals surface area contributed by atoms with E-state index in [1.165, 1.54) is 18.2 Å². The summed E-state index contributed by atoms with van der Waals surface area (Å²) in [6, 6.07) is 7.93. The summed E-state index contributed by atoms with van der Waals surface area (Å²) >= 11 is 1.49. The fourth-order valence-electron chi connectivity index (χ4n) is 2.64. The molecular formula is C15H19N3OS. The molecule has 4 nitrogen and oxygen atoms in total. The summed E-state index contributed by atoms with van der Waals surface area (Å²) in [7, 11) is 0. The Morgan fingerprint density at radius 1 is 1.50 bits per heavy atom. The van der Waals surface area contributed by atoms with Crippen LogP contribution in [-0.4, -0.2) is 39.6 Å². The van der Waals surface area contributed by atoms with Crippen molar-refractivity contribution in [1.29, 1.82) is 0 Å². The third-order valence-corrected chi connectivity index (χ3v) is 4.57. The lowest BCUT2D eigenvalue weighted by Gasteiger charge is -2.30. The molecule has 1 aliphatic heterocycles. The van der Waals surface area contributed by atoms with Crippen LogP contribution in [-0.2, 0) is 4.79 Å². The first-order chi connectivity index (χ1) is 9.72. The minimum atomic E-state index is 0.224. The first kappa shape index (κ1) is 13.5. The SMILES string of the molecule is C[C@H]1CCCN(C(=O)CSc2nc3ccccc3[nH]2)C1. The second-order valence-electron chi connectivity index (χ2n) is 5.43. The highest BCUT2D eigenvalue weighted by atomic mass is 32.2. The van der Waals surface area contributed by atoms with Crippen molar-refractivity contribution in [2.45, 2.75) is 24.9 Å². The molecule has 1 aromatic carbocycles. The Balaban J connectivity index is 1.59. The molecule has 0 aliphatic carbocycles. The molecule has 5 heteroatoms. The van der Waals surface area contributed by atoms with Crippen molar-refractivity contribution < 1.29 is 4.79 Å². The highest BCUT2D eigenvalue weighted by molar-refractivity contribution is 7.99. The largest absolute Gasteiger partial charge is 0.342 e. The molecule has 2 heterocycles. The van der Waals surface area contributed by atoms with Gasteiger partial charge in [0.15, 0.2) is 5.16 Å². The summed E-state index contributed by atoms with van der Waals surface area (Å²) in [6.45, 7) is 4.02. The maximum absolute atomic E-state index is 12.2. The molecule has 1 aliphatic rings. The van der Waals surface area contributed by atoms with Gasteiger partial charge >= 0.3 is 0 Å². The molecule has 1 saturated heterocycles. The molecule has 1 amide bonds. The number of benzene rings is 1. The number of hydrogen-bond donors (Lipinski definition) is 1. The van der Waals surface area contributed by atoms with Crippen molar-refractivity contribution in [3.05, 3.63) is 24.3 Å². The van der Waals surface area contributed by atoms with Crippen molar-refractivity contribution in [3.63, 3.8) is 0 Å². The Morgan fingerprint density at radius 3 is 3.15 bits per heavy atom. The number of nitrogens with one attached hydrogen (secondary N) is 1. The number of hydrogen-bond acceptors (Lipinski definition) is 3. The number of amides is 1. The molecule has 20 heavy (non-hydrogen) atoms. The van der Waals surface area contributed by atoms with Gasteiger partial charge in [-0.1, -0.05) is 30.8 Å². The number of aromatic amines is 1. The van der Waals surface area contributed by atoms with E-state index in [9.17, 15) is 4.79 Å². The van der Waals surface area contributed by atoms with Gasteiger partial charge < -0.3 is 9.88 Å². The fraction of sp³-hybridized carbons (Fsp3) is 0.467. The number of aromatic nitrogens is 2.